The SMILES string of the molecule is COc1ccc(CCC(=O)N2CCC[C@H](c3nc(C)no3)C2)cc1. The van der Waals surface area contributed by atoms with Gasteiger partial charge in [-0.15, -0.1) is 0 Å². The molecule has 1 amide bonds. The largest absolute Gasteiger partial charge is 0.497 e. The molecule has 0 aliphatic carbocycles. The molecule has 1 atom stereocenters. The van der Waals surface area contributed by atoms with Gasteiger partial charge >= 0.3 is 0 Å². The Kier molecular flexibility index (Phi) is 5.13. The first-order chi connectivity index (χ1) is 11.7. The van der Waals surface area contributed by atoms with Crippen LogP contribution < -0.4 is 4.74 Å². The molecule has 3 rings (SSSR count). The topological polar surface area (TPSA) is 68.5 Å². The summed E-state index contributed by atoms with van der Waals surface area (Å²) in [7, 11) is 1.65. The van der Waals surface area contributed by atoms with E-state index in [1.165, 1.54) is 0 Å². The van der Waals surface area contributed by atoms with E-state index in [1.807, 2.05) is 36.1 Å². The number of hydrogen-bond acceptors (Lipinski definition) is 5. The second-order valence-electron chi connectivity index (χ2n) is 6.21. The van der Waals surface area contributed by atoms with E-state index in [-0.39, 0.29) is 11.8 Å². The van der Waals surface area contributed by atoms with Crippen LogP contribution in [0.3, 0.4) is 0 Å². The highest BCUT2D eigenvalue weighted by Gasteiger charge is 2.27. The lowest BCUT2D eigenvalue weighted by atomic mass is 9.97. The summed E-state index contributed by atoms with van der Waals surface area (Å²) in [6.45, 7) is 3.29. The first-order valence-corrected chi connectivity index (χ1v) is 8.36. The zero-order chi connectivity index (χ0) is 16.9. The molecular weight excluding hydrogens is 306 g/mol. The summed E-state index contributed by atoms with van der Waals surface area (Å²) in [5.41, 5.74) is 1.14. The molecule has 1 saturated heterocycles. The Hall–Kier alpha value is -2.37. The molecule has 6 heteroatoms. The number of likely N-dealkylation sites (tertiary alicyclic amines) is 1. The summed E-state index contributed by atoms with van der Waals surface area (Å²) < 4.78 is 10.4. The molecule has 0 radical (unpaired) electrons. The van der Waals surface area contributed by atoms with Gasteiger partial charge < -0.3 is 14.2 Å². The van der Waals surface area contributed by atoms with Crippen LogP contribution in [-0.4, -0.2) is 41.1 Å². The smallest absolute Gasteiger partial charge is 0.231 e. The van der Waals surface area contributed by atoms with Crippen LogP contribution >= 0.6 is 0 Å². The molecule has 1 fully saturated rings. The minimum Gasteiger partial charge on any atom is -0.497 e. The molecular formula is C18H23N3O3. The van der Waals surface area contributed by atoms with E-state index in [9.17, 15) is 4.79 Å². The molecule has 1 aliphatic heterocycles. The van der Waals surface area contributed by atoms with Crippen molar-refractivity contribution in [1.29, 1.82) is 0 Å². The summed E-state index contributed by atoms with van der Waals surface area (Å²) >= 11 is 0. The normalized spacial score (nSPS) is 17.8. The predicted molar refractivity (Wildman–Crippen MR) is 88.9 cm³/mol. The minimum atomic E-state index is 0.157. The lowest BCUT2D eigenvalue weighted by molar-refractivity contribution is -0.132. The summed E-state index contributed by atoms with van der Waals surface area (Å²) in [4.78, 5) is 18.7. The number of hydrogen-bond donors (Lipinski definition) is 0. The van der Waals surface area contributed by atoms with Crippen LogP contribution in [0.25, 0.3) is 0 Å². The van der Waals surface area contributed by atoms with Gasteiger partial charge in [-0.2, -0.15) is 4.98 Å². The number of piperidine rings is 1. The number of amides is 1. The highest BCUT2D eigenvalue weighted by Crippen LogP contribution is 2.26. The van der Waals surface area contributed by atoms with Gasteiger partial charge in [-0.1, -0.05) is 17.3 Å². The van der Waals surface area contributed by atoms with Crippen molar-refractivity contribution in [2.24, 2.45) is 0 Å². The summed E-state index contributed by atoms with van der Waals surface area (Å²) in [6.07, 6.45) is 3.22. The first kappa shape index (κ1) is 16.5. The Morgan fingerprint density at radius 1 is 1.38 bits per heavy atom. The molecule has 128 valence electrons. The van der Waals surface area contributed by atoms with E-state index >= 15 is 0 Å². The lowest BCUT2D eigenvalue weighted by Crippen LogP contribution is -2.39. The Morgan fingerprint density at radius 3 is 2.83 bits per heavy atom. The number of carbonyl (C=O) groups is 1. The third-order valence-corrected chi connectivity index (χ3v) is 4.45. The standard InChI is InChI=1S/C18H23N3O3/c1-13-19-18(24-20-13)15-4-3-11-21(12-15)17(22)10-7-14-5-8-16(23-2)9-6-14/h5-6,8-9,15H,3-4,7,10-12H2,1-2H3/t15-/m0/s1. The first-order valence-electron chi connectivity index (χ1n) is 8.36. The van der Waals surface area contributed by atoms with Crippen molar-refractivity contribution in [2.45, 2.75) is 38.5 Å². The molecule has 2 aromatic rings. The van der Waals surface area contributed by atoms with Crippen molar-refractivity contribution in [3.8, 4) is 5.75 Å². The highest BCUT2D eigenvalue weighted by atomic mass is 16.5. The average Bonchev–Trinajstić information content (AvgIpc) is 3.06. The third-order valence-electron chi connectivity index (χ3n) is 4.45. The highest BCUT2D eigenvalue weighted by molar-refractivity contribution is 5.76. The fraction of sp³-hybridized carbons (Fsp3) is 0.500. The Labute approximate surface area is 141 Å². The lowest BCUT2D eigenvalue weighted by Gasteiger charge is -2.31. The van der Waals surface area contributed by atoms with E-state index in [2.05, 4.69) is 10.1 Å². The number of aromatic nitrogens is 2. The average molecular weight is 329 g/mol. The maximum atomic E-state index is 12.5. The van der Waals surface area contributed by atoms with E-state index in [0.717, 1.165) is 37.1 Å². The maximum absolute atomic E-state index is 12.5. The van der Waals surface area contributed by atoms with Crippen LogP contribution in [0.15, 0.2) is 28.8 Å². The third kappa shape index (κ3) is 3.93. The summed E-state index contributed by atoms with van der Waals surface area (Å²) in [5, 5.41) is 3.85. The zero-order valence-corrected chi connectivity index (χ0v) is 14.2. The van der Waals surface area contributed by atoms with Gasteiger partial charge in [0.2, 0.25) is 11.8 Å². The molecule has 0 N–H and O–H groups in total. The van der Waals surface area contributed by atoms with Crippen LogP contribution in [0.5, 0.6) is 5.75 Å². The number of aryl methyl sites for hydroxylation is 2. The minimum absolute atomic E-state index is 0.157. The molecule has 1 aromatic carbocycles. The predicted octanol–water partition coefficient (Wildman–Crippen LogP) is 2.73. The fourth-order valence-electron chi connectivity index (χ4n) is 3.09. The second-order valence-corrected chi connectivity index (χ2v) is 6.21. The van der Waals surface area contributed by atoms with E-state index in [4.69, 9.17) is 9.26 Å². The Bertz CT molecular complexity index is 681. The summed E-state index contributed by atoms with van der Waals surface area (Å²) in [5.74, 6) is 2.48. The van der Waals surface area contributed by atoms with Crippen LogP contribution in [0, 0.1) is 6.92 Å². The molecule has 0 saturated carbocycles. The molecule has 1 aliphatic rings. The fourth-order valence-corrected chi connectivity index (χ4v) is 3.09. The van der Waals surface area contributed by atoms with E-state index in [1.54, 1.807) is 7.11 Å². The van der Waals surface area contributed by atoms with Crippen molar-refractivity contribution < 1.29 is 14.1 Å². The van der Waals surface area contributed by atoms with Gasteiger partial charge in [0.25, 0.3) is 0 Å². The number of nitrogens with zero attached hydrogens (tertiary/aromatic N) is 3. The second kappa shape index (κ2) is 7.47. The van der Waals surface area contributed by atoms with Gasteiger partial charge in [-0.25, -0.2) is 0 Å². The number of ether oxygens (including phenoxy) is 1. The number of benzene rings is 1. The molecule has 1 aromatic heterocycles. The van der Waals surface area contributed by atoms with Crippen LogP contribution in [-0.2, 0) is 11.2 Å². The molecule has 0 unspecified atom stereocenters. The molecule has 0 bridgehead atoms. The summed E-state index contributed by atoms with van der Waals surface area (Å²) in [6, 6.07) is 7.86. The Morgan fingerprint density at radius 2 is 2.17 bits per heavy atom. The van der Waals surface area contributed by atoms with Crippen LogP contribution in [0.2, 0.25) is 0 Å². The van der Waals surface area contributed by atoms with Crippen molar-refractivity contribution in [2.75, 3.05) is 20.2 Å². The molecule has 24 heavy (non-hydrogen) atoms. The van der Waals surface area contributed by atoms with Crippen molar-refractivity contribution in [3.05, 3.63) is 41.5 Å². The van der Waals surface area contributed by atoms with Gasteiger partial charge in [-0.3, -0.25) is 4.79 Å². The Balaban J connectivity index is 1.54. The number of rotatable bonds is 5. The van der Waals surface area contributed by atoms with Gasteiger partial charge in [-0.05, 0) is 43.9 Å². The van der Waals surface area contributed by atoms with Crippen molar-refractivity contribution >= 4 is 5.91 Å². The zero-order valence-electron chi connectivity index (χ0n) is 14.2. The van der Waals surface area contributed by atoms with Crippen LogP contribution in [0.1, 0.15) is 42.5 Å². The van der Waals surface area contributed by atoms with Crippen LogP contribution in [0.4, 0.5) is 0 Å². The van der Waals surface area contributed by atoms with Crippen molar-refractivity contribution in [1.82, 2.24) is 15.0 Å². The molecule has 2 heterocycles. The van der Waals surface area contributed by atoms with E-state index in [0.29, 0.717) is 24.7 Å². The van der Waals surface area contributed by atoms with E-state index < -0.39 is 0 Å². The monoisotopic (exact) mass is 329 g/mol. The van der Waals surface area contributed by atoms with Gasteiger partial charge in [0.1, 0.15) is 5.75 Å². The van der Waals surface area contributed by atoms with Gasteiger partial charge in [0, 0.05) is 19.5 Å². The number of methoxy groups -OCH3 is 1. The molecule has 0 spiro atoms. The maximum Gasteiger partial charge on any atom is 0.231 e. The quantitative estimate of drug-likeness (QED) is 0.843. The van der Waals surface area contributed by atoms with Crippen molar-refractivity contribution in [3.63, 3.8) is 0 Å². The van der Waals surface area contributed by atoms with Gasteiger partial charge in [0.05, 0.1) is 13.0 Å². The molecule has 6 nitrogen and oxygen atoms in total. The number of carbonyl (C=O) groups excluding carboxylic acids is 1. The van der Waals surface area contributed by atoms with Gasteiger partial charge in [0.15, 0.2) is 5.82 Å².